The molecular weight excluding hydrogens is 242 g/mol. The van der Waals surface area contributed by atoms with Crippen molar-refractivity contribution in [3.8, 4) is 0 Å². The molecule has 0 amide bonds. The van der Waals surface area contributed by atoms with E-state index in [9.17, 15) is 4.79 Å². The molecule has 2 fully saturated rings. The Labute approximate surface area is 113 Å². The van der Waals surface area contributed by atoms with Crippen molar-refractivity contribution in [2.45, 2.75) is 31.6 Å². The van der Waals surface area contributed by atoms with Crippen molar-refractivity contribution in [3.05, 3.63) is 35.4 Å². The lowest BCUT2D eigenvalue weighted by Crippen LogP contribution is -2.41. The number of ether oxygens (including phenoxy) is 2. The zero-order valence-corrected chi connectivity index (χ0v) is 11.2. The van der Waals surface area contributed by atoms with E-state index in [4.69, 9.17) is 9.47 Å². The van der Waals surface area contributed by atoms with E-state index in [1.54, 1.807) is 0 Å². The molecule has 0 spiro atoms. The average molecular weight is 261 g/mol. The van der Waals surface area contributed by atoms with Gasteiger partial charge in [-0.05, 0) is 30.5 Å². The first-order valence-corrected chi connectivity index (χ1v) is 6.79. The molecule has 0 N–H and O–H groups in total. The lowest BCUT2D eigenvalue weighted by atomic mass is 10.1. The molecule has 4 heteroatoms. The molecule has 0 aliphatic carbocycles. The molecule has 2 saturated heterocycles. The smallest absolute Gasteiger partial charge is 0.337 e. The summed E-state index contributed by atoms with van der Waals surface area (Å²) in [6.45, 7) is 2.97. The number of hydrogen-bond acceptors (Lipinski definition) is 4. The zero-order chi connectivity index (χ0) is 13.2. The van der Waals surface area contributed by atoms with Crippen LogP contribution >= 0.6 is 0 Å². The maximum absolute atomic E-state index is 11.4. The third-order valence-electron chi connectivity index (χ3n) is 3.90. The molecule has 19 heavy (non-hydrogen) atoms. The molecule has 2 aliphatic rings. The number of fused-ring (bicyclic) bond motifs is 2. The molecule has 3 rings (SSSR count). The second kappa shape index (κ2) is 5.31. The quantitative estimate of drug-likeness (QED) is 0.778. The number of nitrogens with zero attached hydrogens (tertiary/aromatic N) is 1. The Morgan fingerprint density at radius 3 is 2.47 bits per heavy atom. The lowest BCUT2D eigenvalue weighted by molar-refractivity contribution is -0.0410. The fourth-order valence-electron chi connectivity index (χ4n) is 2.95. The molecule has 2 heterocycles. The van der Waals surface area contributed by atoms with Crippen LogP contribution in [0.1, 0.15) is 28.8 Å². The predicted molar refractivity (Wildman–Crippen MR) is 71.0 cm³/mol. The van der Waals surface area contributed by atoms with Gasteiger partial charge in [-0.3, -0.25) is 4.90 Å². The normalized spacial score (nSPS) is 26.4. The number of esters is 1. The van der Waals surface area contributed by atoms with Crippen LogP contribution in [0.25, 0.3) is 0 Å². The van der Waals surface area contributed by atoms with E-state index < -0.39 is 0 Å². The summed E-state index contributed by atoms with van der Waals surface area (Å²) in [5, 5.41) is 0. The third kappa shape index (κ3) is 2.80. The molecule has 2 aliphatic heterocycles. The molecule has 0 saturated carbocycles. The first-order valence-electron chi connectivity index (χ1n) is 6.79. The maximum Gasteiger partial charge on any atom is 0.337 e. The van der Waals surface area contributed by atoms with E-state index >= 15 is 0 Å². The molecule has 4 nitrogen and oxygen atoms in total. The van der Waals surface area contributed by atoms with Crippen LogP contribution in [-0.4, -0.2) is 43.3 Å². The topological polar surface area (TPSA) is 38.8 Å². The highest BCUT2D eigenvalue weighted by Crippen LogP contribution is 2.27. The van der Waals surface area contributed by atoms with Gasteiger partial charge >= 0.3 is 5.97 Å². The average Bonchev–Trinajstić information content (AvgIpc) is 2.78. The molecular formula is C15H19NO3. The Balaban J connectivity index is 1.62. The highest BCUT2D eigenvalue weighted by Gasteiger charge is 2.33. The number of carbonyl (C=O) groups excluding carboxylic acids is 1. The number of morpholine rings is 1. The Morgan fingerprint density at radius 2 is 1.89 bits per heavy atom. The summed E-state index contributed by atoms with van der Waals surface area (Å²) >= 11 is 0. The van der Waals surface area contributed by atoms with Gasteiger partial charge in [0.2, 0.25) is 0 Å². The van der Waals surface area contributed by atoms with Gasteiger partial charge < -0.3 is 9.47 Å². The highest BCUT2D eigenvalue weighted by molar-refractivity contribution is 5.89. The van der Waals surface area contributed by atoms with Crippen molar-refractivity contribution in [3.63, 3.8) is 0 Å². The Hall–Kier alpha value is -1.39. The van der Waals surface area contributed by atoms with E-state index in [1.165, 1.54) is 25.5 Å². The Kier molecular flexibility index (Phi) is 3.53. The van der Waals surface area contributed by atoms with Gasteiger partial charge in [0.1, 0.15) is 0 Å². The van der Waals surface area contributed by atoms with Gasteiger partial charge in [-0.15, -0.1) is 0 Å². The van der Waals surface area contributed by atoms with Crippen molar-refractivity contribution in [1.29, 1.82) is 0 Å². The van der Waals surface area contributed by atoms with Crippen molar-refractivity contribution >= 4 is 5.97 Å². The maximum atomic E-state index is 11.4. The Morgan fingerprint density at radius 1 is 1.26 bits per heavy atom. The molecule has 1 aromatic carbocycles. The van der Waals surface area contributed by atoms with Crippen molar-refractivity contribution in [2.24, 2.45) is 0 Å². The summed E-state index contributed by atoms with van der Waals surface area (Å²) in [4.78, 5) is 13.8. The number of likely N-dealkylation sites (tertiary alicyclic amines) is 1. The van der Waals surface area contributed by atoms with Gasteiger partial charge in [-0.25, -0.2) is 4.79 Å². The van der Waals surface area contributed by atoms with Crippen LogP contribution in [0.4, 0.5) is 0 Å². The minimum absolute atomic E-state index is 0.282. The summed E-state index contributed by atoms with van der Waals surface area (Å²) in [6.07, 6.45) is 3.24. The van der Waals surface area contributed by atoms with E-state index in [0.717, 1.165) is 19.6 Å². The van der Waals surface area contributed by atoms with Crippen LogP contribution in [0, 0.1) is 0 Å². The zero-order valence-electron chi connectivity index (χ0n) is 11.2. The third-order valence-corrected chi connectivity index (χ3v) is 3.90. The first kappa shape index (κ1) is 12.6. The summed E-state index contributed by atoms with van der Waals surface area (Å²) in [7, 11) is 1.40. The van der Waals surface area contributed by atoms with Crippen molar-refractivity contribution < 1.29 is 14.3 Å². The molecule has 2 atom stereocenters. The number of hydrogen-bond donors (Lipinski definition) is 0. The van der Waals surface area contributed by atoms with Crippen molar-refractivity contribution in [2.75, 3.05) is 20.2 Å². The Bertz CT molecular complexity index is 445. The van der Waals surface area contributed by atoms with Gasteiger partial charge in [0.05, 0.1) is 24.9 Å². The number of methoxy groups -OCH3 is 1. The predicted octanol–water partition coefficient (Wildman–Crippen LogP) is 1.84. The highest BCUT2D eigenvalue weighted by atomic mass is 16.5. The largest absolute Gasteiger partial charge is 0.465 e. The summed E-state index contributed by atoms with van der Waals surface area (Å²) < 4.78 is 10.5. The second-order valence-corrected chi connectivity index (χ2v) is 5.34. The monoisotopic (exact) mass is 261 g/mol. The van der Waals surface area contributed by atoms with Gasteiger partial charge in [-0.1, -0.05) is 12.1 Å². The van der Waals surface area contributed by atoms with Crippen LogP contribution in [0.15, 0.2) is 24.3 Å². The van der Waals surface area contributed by atoms with Crippen LogP contribution in [0.5, 0.6) is 0 Å². The van der Waals surface area contributed by atoms with Gasteiger partial charge in [-0.2, -0.15) is 0 Å². The van der Waals surface area contributed by atoms with E-state index in [-0.39, 0.29) is 5.97 Å². The minimum Gasteiger partial charge on any atom is -0.465 e. The van der Waals surface area contributed by atoms with Crippen LogP contribution < -0.4 is 0 Å². The fourth-order valence-corrected chi connectivity index (χ4v) is 2.95. The van der Waals surface area contributed by atoms with Crippen LogP contribution in [-0.2, 0) is 16.0 Å². The number of rotatable bonds is 3. The van der Waals surface area contributed by atoms with Gasteiger partial charge in [0.15, 0.2) is 0 Å². The molecule has 1 aromatic rings. The summed E-state index contributed by atoms with van der Waals surface area (Å²) in [6, 6.07) is 7.67. The van der Waals surface area contributed by atoms with E-state index in [2.05, 4.69) is 4.90 Å². The molecule has 0 aromatic heterocycles. The SMILES string of the molecule is COC(=O)c1ccc(CN2CC3CCC(C2)O3)cc1. The van der Waals surface area contributed by atoms with E-state index in [1.807, 2.05) is 24.3 Å². The first-order chi connectivity index (χ1) is 9.24. The fraction of sp³-hybridized carbons (Fsp3) is 0.533. The van der Waals surface area contributed by atoms with Crippen LogP contribution in [0.2, 0.25) is 0 Å². The molecule has 102 valence electrons. The summed E-state index contributed by atoms with van der Waals surface area (Å²) in [5.74, 6) is -0.282. The number of benzene rings is 1. The lowest BCUT2D eigenvalue weighted by Gasteiger charge is -2.32. The molecule has 0 radical (unpaired) electrons. The molecule has 2 unspecified atom stereocenters. The standard InChI is InChI=1S/C15H19NO3/c1-18-15(17)12-4-2-11(3-5-12)8-16-9-13-6-7-14(10-16)19-13/h2-5,13-14H,6-10H2,1H3. The molecule has 2 bridgehead atoms. The second-order valence-electron chi connectivity index (χ2n) is 5.34. The van der Waals surface area contributed by atoms with Gasteiger partial charge in [0, 0.05) is 19.6 Å². The number of carbonyl (C=O) groups is 1. The van der Waals surface area contributed by atoms with Crippen LogP contribution in [0.3, 0.4) is 0 Å². The summed E-state index contributed by atoms with van der Waals surface area (Å²) in [5.41, 5.74) is 1.84. The van der Waals surface area contributed by atoms with E-state index in [0.29, 0.717) is 17.8 Å². The minimum atomic E-state index is -0.282. The van der Waals surface area contributed by atoms with Crippen molar-refractivity contribution in [1.82, 2.24) is 4.90 Å². The van der Waals surface area contributed by atoms with Gasteiger partial charge in [0.25, 0.3) is 0 Å².